The summed E-state index contributed by atoms with van der Waals surface area (Å²) in [4.78, 5) is 0. The second-order valence-electron chi connectivity index (χ2n) is 8.17. The van der Waals surface area contributed by atoms with Crippen molar-refractivity contribution in [1.29, 1.82) is 0 Å². The van der Waals surface area contributed by atoms with Gasteiger partial charge in [0.15, 0.2) is 0 Å². The van der Waals surface area contributed by atoms with Gasteiger partial charge in [-0.15, -0.1) is 0 Å². The van der Waals surface area contributed by atoms with E-state index in [4.69, 9.17) is 0 Å². The van der Waals surface area contributed by atoms with Crippen molar-refractivity contribution in [3.63, 3.8) is 0 Å². The zero-order valence-electron chi connectivity index (χ0n) is 18.4. The molecule has 0 heterocycles. The highest BCUT2D eigenvalue weighted by Gasteiger charge is 2.30. The Morgan fingerprint density at radius 3 is 1.39 bits per heavy atom. The van der Waals surface area contributed by atoms with E-state index in [1.165, 1.54) is 55.3 Å². The minimum atomic E-state index is 0.230. The third kappa shape index (κ3) is 3.85. The van der Waals surface area contributed by atoms with Crippen molar-refractivity contribution >= 4 is 23.1 Å². The summed E-state index contributed by atoms with van der Waals surface area (Å²) in [6.45, 7) is 15.8. The molecule has 3 aromatic carbocycles. The summed E-state index contributed by atoms with van der Waals surface area (Å²) in [6.07, 6.45) is 2.30. The fourth-order valence-corrected chi connectivity index (χ4v) is 4.88. The lowest BCUT2D eigenvalue weighted by atomic mass is 9.32. The number of hydrogen-bond donors (Lipinski definition) is 0. The molecule has 0 bridgehead atoms. The zero-order valence-corrected chi connectivity index (χ0v) is 18.4. The van der Waals surface area contributed by atoms with Crippen LogP contribution in [-0.2, 0) is 0 Å². The molecule has 3 rings (SSSR count). The molecule has 0 aliphatic carbocycles. The van der Waals surface area contributed by atoms with E-state index >= 15 is 0 Å². The van der Waals surface area contributed by atoms with Gasteiger partial charge < -0.3 is 0 Å². The predicted octanol–water partition coefficient (Wildman–Crippen LogP) is 5.79. The molecule has 0 N–H and O–H groups in total. The molecule has 0 aliphatic rings. The first kappa shape index (κ1) is 20.2. The van der Waals surface area contributed by atoms with E-state index in [9.17, 15) is 0 Å². The van der Waals surface area contributed by atoms with E-state index in [2.05, 4.69) is 109 Å². The van der Waals surface area contributed by atoms with Crippen molar-refractivity contribution in [3.05, 3.63) is 99.6 Å². The Balaban J connectivity index is 2.37. The van der Waals surface area contributed by atoms with Crippen LogP contribution >= 0.6 is 0 Å². The number of benzene rings is 3. The summed E-state index contributed by atoms with van der Waals surface area (Å²) in [5.74, 6) is 0. The Kier molecular flexibility index (Phi) is 5.94. The van der Waals surface area contributed by atoms with Crippen LogP contribution in [0.2, 0.25) is 0 Å². The van der Waals surface area contributed by atoms with Gasteiger partial charge in [-0.05, 0) is 54.0 Å². The molecule has 0 aliphatic heterocycles. The van der Waals surface area contributed by atoms with E-state index in [1.807, 2.05) is 0 Å². The Hall–Kier alpha value is -2.54. The van der Waals surface area contributed by atoms with Crippen molar-refractivity contribution in [2.75, 3.05) is 0 Å². The van der Waals surface area contributed by atoms with Crippen LogP contribution in [0.1, 0.15) is 45.9 Å². The van der Waals surface area contributed by atoms with Gasteiger partial charge in [-0.25, -0.2) is 0 Å². The zero-order chi connectivity index (χ0) is 20.4. The molecular weight excluding hydrogens is 335 g/mol. The van der Waals surface area contributed by atoms with Gasteiger partial charge in [0.05, 0.1) is 0 Å². The van der Waals surface area contributed by atoms with Crippen LogP contribution in [0, 0.1) is 41.5 Å². The summed E-state index contributed by atoms with van der Waals surface area (Å²) in [7, 11) is 0. The highest BCUT2D eigenvalue weighted by atomic mass is 14.1. The Morgan fingerprint density at radius 1 is 0.643 bits per heavy atom. The van der Waals surface area contributed by atoms with Crippen LogP contribution in [0.5, 0.6) is 0 Å². The van der Waals surface area contributed by atoms with Crippen molar-refractivity contribution in [3.8, 4) is 0 Å². The third-order valence-electron chi connectivity index (χ3n) is 5.78. The third-order valence-corrected chi connectivity index (χ3v) is 5.78. The molecule has 28 heavy (non-hydrogen) atoms. The van der Waals surface area contributed by atoms with E-state index in [0.29, 0.717) is 0 Å². The van der Waals surface area contributed by atoms with E-state index < -0.39 is 0 Å². The highest BCUT2D eigenvalue weighted by Crippen LogP contribution is 2.23. The average molecular weight is 366 g/mol. The quantitative estimate of drug-likeness (QED) is 0.513. The second kappa shape index (κ2) is 8.23. The highest BCUT2D eigenvalue weighted by molar-refractivity contribution is 7.00. The van der Waals surface area contributed by atoms with Gasteiger partial charge in [0, 0.05) is 0 Å². The number of hydrogen-bond acceptors (Lipinski definition) is 0. The minimum Gasteiger partial charge on any atom is -0.0918 e. The van der Waals surface area contributed by atoms with Crippen molar-refractivity contribution in [1.82, 2.24) is 0 Å². The second-order valence-corrected chi connectivity index (χ2v) is 8.17. The monoisotopic (exact) mass is 366 g/mol. The van der Waals surface area contributed by atoms with Crippen LogP contribution in [0.4, 0.5) is 0 Å². The maximum atomic E-state index is 2.33. The summed E-state index contributed by atoms with van der Waals surface area (Å²) in [6, 6.07) is 20.1. The number of rotatable bonds is 4. The molecule has 0 amide bonds. The normalized spacial score (nSPS) is 11.6. The molecular formula is C27H31B. The molecule has 0 saturated heterocycles. The molecule has 0 spiro atoms. The molecule has 0 radical (unpaired) electrons. The Morgan fingerprint density at radius 2 is 1.04 bits per heavy atom. The first-order valence-electron chi connectivity index (χ1n) is 10.2. The maximum Gasteiger partial charge on any atom is 0.242 e. The van der Waals surface area contributed by atoms with Crippen LogP contribution < -0.4 is 10.9 Å². The fourth-order valence-electron chi connectivity index (χ4n) is 4.88. The lowest BCUT2D eigenvalue weighted by Crippen LogP contribution is -2.48. The Bertz CT molecular complexity index is 922. The number of aryl methyl sites for hydroxylation is 6. The molecule has 3 aromatic rings. The SMILES string of the molecule is C/C=C(/B(c1c(C)cc(C)cc1C)c1c(C)cc(C)cc1C)c1ccccc1. The molecule has 142 valence electrons. The lowest BCUT2D eigenvalue weighted by molar-refractivity contribution is 1.34. The first-order valence-corrected chi connectivity index (χ1v) is 10.2. The molecule has 0 nitrogen and oxygen atoms in total. The van der Waals surface area contributed by atoms with Gasteiger partial charge in [0.2, 0.25) is 6.71 Å². The van der Waals surface area contributed by atoms with Gasteiger partial charge in [-0.1, -0.05) is 110 Å². The summed E-state index contributed by atoms with van der Waals surface area (Å²) in [5, 5.41) is 0. The summed E-state index contributed by atoms with van der Waals surface area (Å²) in [5.41, 5.74) is 13.7. The summed E-state index contributed by atoms with van der Waals surface area (Å²) >= 11 is 0. The maximum absolute atomic E-state index is 2.33. The van der Waals surface area contributed by atoms with Crippen LogP contribution in [0.25, 0.3) is 5.47 Å². The van der Waals surface area contributed by atoms with Crippen LogP contribution in [-0.4, -0.2) is 6.71 Å². The van der Waals surface area contributed by atoms with Crippen LogP contribution in [0.3, 0.4) is 0 Å². The largest absolute Gasteiger partial charge is 0.242 e. The average Bonchev–Trinajstić information content (AvgIpc) is 2.61. The van der Waals surface area contributed by atoms with Gasteiger partial charge in [-0.2, -0.15) is 0 Å². The van der Waals surface area contributed by atoms with Gasteiger partial charge in [0.1, 0.15) is 0 Å². The molecule has 0 fully saturated rings. The smallest absolute Gasteiger partial charge is 0.0918 e. The Labute approximate surface area is 171 Å². The molecule has 0 aromatic heterocycles. The standard InChI is InChI=1S/C27H31B/c1-8-25(24-12-10-9-11-13-24)28(26-20(4)14-18(2)15-21(26)5)27-22(6)16-19(3)17-23(27)7/h8-17H,1-7H3/b25-8+. The van der Waals surface area contributed by atoms with E-state index in [1.54, 1.807) is 0 Å². The molecule has 0 atom stereocenters. The predicted molar refractivity (Wildman–Crippen MR) is 126 cm³/mol. The van der Waals surface area contributed by atoms with E-state index in [-0.39, 0.29) is 6.71 Å². The topological polar surface area (TPSA) is 0 Å². The molecule has 1 heteroatoms. The molecule has 0 saturated carbocycles. The lowest BCUT2D eigenvalue weighted by Gasteiger charge is -2.26. The number of allylic oxidation sites excluding steroid dienone is 1. The minimum absolute atomic E-state index is 0.230. The van der Waals surface area contributed by atoms with Crippen LogP contribution in [0.15, 0.2) is 60.7 Å². The van der Waals surface area contributed by atoms with Crippen molar-refractivity contribution < 1.29 is 0 Å². The first-order chi connectivity index (χ1) is 13.3. The van der Waals surface area contributed by atoms with Crippen molar-refractivity contribution in [2.45, 2.75) is 48.5 Å². The van der Waals surface area contributed by atoms with Crippen molar-refractivity contribution in [2.24, 2.45) is 0 Å². The van der Waals surface area contributed by atoms with Gasteiger partial charge in [0.25, 0.3) is 0 Å². The molecule has 0 unspecified atom stereocenters. The fraction of sp³-hybridized carbons (Fsp3) is 0.259. The summed E-state index contributed by atoms with van der Waals surface area (Å²) < 4.78 is 0. The van der Waals surface area contributed by atoms with E-state index in [0.717, 1.165) is 0 Å². The van der Waals surface area contributed by atoms with Gasteiger partial charge in [-0.3, -0.25) is 0 Å². The van der Waals surface area contributed by atoms with Gasteiger partial charge >= 0.3 is 0 Å².